The maximum atomic E-state index is 12.8. The Hall–Kier alpha value is -3.80. The molecule has 0 heterocycles. The molecule has 0 radical (unpaired) electrons. The molecule has 3 rings (SSSR count). The molecular weight excluding hydrogens is 357 g/mol. The van der Waals surface area contributed by atoms with Crippen LogP contribution in [0.25, 0.3) is 0 Å². The van der Waals surface area contributed by atoms with Crippen LogP contribution in [0.3, 0.4) is 0 Å². The molecule has 0 aliphatic heterocycles. The van der Waals surface area contributed by atoms with Crippen molar-refractivity contribution < 1.29 is 14.0 Å². The van der Waals surface area contributed by atoms with Crippen molar-refractivity contribution in [3.8, 4) is 0 Å². The Morgan fingerprint density at radius 1 is 0.893 bits per heavy atom. The minimum atomic E-state index is -0.394. The van der Waals surface area contributed by atoms with Crippen LogP contribution in [0.2, 0.25) is 0 Å². The highest BCUT2D eigenvalue weighted by Crippen LogP contribution is 2.12. The summed E-state index contributed by atoms with van der Waals surface area (Å²) in [5.41, 5.74) is 5.61. The predicted molar refractivity (Wildman–Crippen MR) is 107 cm³/mol. The largest absolute Gasteiger partial charge is 0.322 e. The van der Waals surface area contributed by atoms with E-state index in [1.807, 2.05) is 19.1 Å². The van der Waals surface area contributed by atoms with Gasteiger partial charge < -0.3 is 5.32 Å². The van der Waals surface area contributed by atoms with Crippen LogP contribution in [0.15, 0.2) is 77.9 Å². The molecule has 0 atom stereocenters. The summed E-state index contributed by atoms with van der Waals surface area (Å²) in [6, 6.07) is 19.5. The van der Waals surface area contributed by atoms with E-state index in [2.05, 4.69) is 15.8 Å². The number of rotatable bonds is 5. The molecule has 140 valence electrons. The Labute approximate surface area is 161 Å². The maximum absolute atomic E-state index is 12.8. The average molecular weight is 375 g/mol. The molecule has 0 saturated carbocycles. The smallest absolute Gasteiger partial charge is 0.271 e. The zero-order valence-corrected chi connectivity index (χ0v) is 15.1. The first kappa shape index (κ1) is 19.0. The van der Waals surface area contributed by atoms with E-state index in [1.165, 1.54) is 18.3 Å². The highest BCUT2D eigenvalue weighted by atomic mass is 19.1. The summed E-state index contributed by atoms with van der Waals surface area (Å²) in [6.45, 7) is 1.92. The van der Waals surface area contributed by atoms with Crippen molar-refractivity contribution in [1.29, 1.82) is 0 Å². The van der Waals surface area contributed by atoms with Gasteiger partial charge in [0.2, 0.25) is 0 Å². The van der Waals surface area contributed by atoms with E-state index in [0.717, 1.165) is 5.56 Å². The molecule has 0 spiro atoms. The van der Waals surface area contributed by atoms with Gasteiger partial charge in [-0.15, -0.1) is 0 Å². The van der Waals surface area contributed by atoms with Crippen molar-refractivity contribution in [1.82, 2.24) is 5.43 Å². The van der Waals surface area contributed by atoms with Crippen LogP contribution in [0, 0.1) is 12.7 Å². The van der Waals surface area contributed by atoms with Crippen LogP contribution in [0.5, 0.6) is 0 Å². The number of amides is 2. The van der Waals surface area contributed by atoms with E-state index in [0.29, 0.717) is 22.4 Å². The zero-order chi connectivity index (χ0) is 19.9. The number of nitrogens with one attached hydrogen (secondary N) is 2. The van der Waals surface area contributed by atoms with Crippen LogP contribution in [-0.4, -0.2) is 18.0 Å². The third-order valence-corrected chi connectivity index (χ3v) is 3.93. The SMILES string of the molecule is Cc1cccc(C(=O)Nc2ccc(C(=O)NN=Cc3ccc(F)cc3)cc2)c1. The summed E-state index contributed by atoms with van der Waals surface area (Å²) >= 11 is 0. The van der Waals surface area contributed by atoms with Gasteiger partial charge in [0.05, 0.1) is 6.21 Å². The van der Waals surface area contributed by atoms with Gasteiger partial charge in [0.25, 0.3) is 11.8 Å². The molecule has 3 aromatic carbocycles. The number of hydrazone groups is 1. The molecule has 28 heavy (non-hydrogen) atoms. The number of benzene rings is 3. The van der Waals surface area contributed by atoms with Crippen molar-refractivity contribution in [2.75, 3.05) is 5.32 Å². The van der Waals surface area contributed by atoms with E-state index in [-0.39, 0.29) is 11.7 Å². The Morgan fingerprint density at radius 3 is 2.29 bits per heavy atom. The van der Waals surface area contributed by atoms with Gasteiger partial charge in [-0.3, -0.25) is 9.59 Å². The molecule has 0 aliphatic carbocycles. The van der Waals surface area contributed by atoms with Gasteiger partial charge in [0, 0.05) is 16.8 Å². The fraction of sp³-hybridized carbons (Fsp3) is 0.0455. The van der Waals surface area contributed by atoms with Gasteiger partial charge in [-0.25, -0.2) is 9.82 Å². The second kappa shape index (κ2) is 8.73. The number of hydrogen-bond donors (Lipinski definition) is 2. The summed E-state index contributed by atoms with van der Waals surface area (Å²) in [5, 5.41) is 6.64. The molecule has 0 aliphatic rings. The minimum absolute atomic E-state index is 0.218. The first-order chi connectivity index (χ1) is 13.5. The van der Waals surface area contributed by atoms with E-state index in [4.69, 9.17) is 0 Å². The second-order valence-electron chi connectivity index (χ2n) is 6.15. The zero-order valence-electron chi connectivity index (χ0n) is 15.1. The number of carbonyl (C=O) groups excluding carboxylic acids is 2. The number of halogens is 1. The highest BCUT2D eigenvalue weighted by Gasteiger charge is 2.08. The number of carbonyl (C=O) groups is 2. The van der Waals surface area contributed by atoms with Crippen LogP contribution in [0.4, 0.5) is 10.1 Å². The molecular formula is C22H18FN3O2. The quantitative estimate of drug-likeness (QED) is 0.519. The predicted octanol–water partition coefficient (Wildman–Crippen LogP) is 4.15. The second-order valence-corrected chi connectivity index (χ2v) is 6.15. The number of nitrogens with zero attached hydrogens (tertiary/aromatic N) is 1. The van der Waals surface area contributed by atoms with Crippen LogP contribution in [0.1, 0.15) is 31.8 Å². The lowest BCUT2D eigenvalue weighted by Gasteiger charge is -2.07. The molecule has 0 bridgehead atoms. The molecule has 2 N–H and O–H groups in total. The van der Waals surface area contributed by atoms with E-state index in [9.17, 15) is 14.0 Å². The monoisotopic (exact) mass is 375 g/mol. The van der Waals surface area contributed by atoms with Gasteiger partial charge in [0.15, 0.2) is 0 Å². The molecule has 2 amide bonds. The van der Waals surface area contributed by atoms with Crippen molar-refractivity contribution in [2.24, 2.45) is 5.10 Å². The minimum Gasteiger partial charge on any atom is -0.322 e. The number of anilines is 1. The van der Waals surface area contributed by atoms with Gasteiger partial charge in [-0.05, 0) is 61.0 Å². The third kappa shape index (κ3) is 5.11. The maximum Gasteiger partial charge on any atom is 0.271 e. The van der Waals surface area contributed by atoms with Crippen LogP contribution >= 0.6 is 0 Å². The molecule has 0 unspecified atom stereocenters. The molecule has 3 aromatic rings. The van der Waals surface area contributed by atoms with Crippen LogP contribution < -0.4 is 10.7 Å². The average Bonchev–Trinajstić information content (AvgIpc) is 2.70. The lowest BCUT2D eigenvalue weighted by molar-refractivity contribution is 0.0954. The standard InChI is InChI=1S/C22H18FN3O2/c1-15-3-2-4-18(13-15)21(27)25-20-11-7-17(8-12-20)22(28)26-24-14-16-5-9-19(23)10-6-16/h2-14H,1H3,(H,25,27)(H,26,28). The van der Waals surface area contributed by atoms with E-state index >= 15 is 0 Å². The van der Waals surface area contributed by atoms with Gasteiger partial charge >= 0.3 is 0 Å². The summed E-state index contributed by atoms with van der Waals surface area (Å²) in [4.78, 5) is 24.4. The number of hydrogen-bond acceptors (Lipinski definition) is 3. The topological polar surface area (TPSA) is 70.6 Å². The molecule has 0 fully saturated rings. The van der Waals surface area contributed by atoms with Crippen molar-refractivity contribution in [2.45, 2.75) is 6.92 Å². The fourth-order valence-electron chi connectivity index (χ4n) is 2.47. The number of aryl methyl sites for hydroxylation is 1. The molecule has 0 saturated heterocycles. The Balaban J connectivity index is 1.58. The Kier molecular flexibility index (Phi) is 5.91. The van der Waals surface area contributed by atoms with Crippen molar-refractivity contribution >= 4 is 23.7 Å². The Morgan fingerprint density at radius 2 is 1.61 bits per heavy atom. The van der Waals surface area contributed by atoms with E-state index < -0.39 is 5.91 Å². The van der Waals surface area contributed by atoms with Crippen molar-refractivity contribution in [3.63, 3.8) is 0 Å². The van der Waals surface area contributed by atoms with Gasteiger partial charge in [-0.2, -0.15) is 5.10 Å². The highest BCUT2D eigenvalue weighted by molar-refractivity contribution is 6.04. The third-order valence-electron chi connectivity index (χ3n) is 3.93. The fourth-order valence-corrected chi connectivity index (χ4v) is 2.47. The molecule has 5 nitrogen and oxygen atoms in total. The first-order valence-corrected chi connectivity index (χ1v) is 8.58. The Bertz CT molecular complexity index is 1010. The van der Waals surface area contributed by atoms with E-state index in [1.54, 1.807) is 48.5 Å². The summed E-state index contributed by atoms with van der Waals surface area (Å²) in [5.74, 6) is -0.949. The van der Waals surface area contributed by atoms with Gasteiger partial charge in [0.1, 0.15) is 5.82 Å². The summed E-state index contributed by atoms with van der Waals surface area (Å²) in [7, 11) is 0. The lowest BCUT2D eigenvalue weighted by atomic mass is 10.1. The molecule has 6 heteroatoms. The normalized spacial score (nSPS) is 10.6. The van der Waals surface area contributed by atoms with Crippen LogP contribution in [-0.2, 0) is 0 Å². The first-order valence-electron chi connectivity index (χ1n) is 8.58. The van der Waals surface area contributed by atoms with Gasteiger partial charge in [-0.1, -0.05) is 29.8 Å². The van der Waals surface area contributed by atoms with Crippen molar-refractivity contribution in [3.05, 3.63) is 101 Å². The summed E-state index contributed by atoms with van der Waals surface area (Å²) < 4.78 is 12.8. The summed E-state index contributed by atoms with van der Waals surface area (Å²) in [6.07, 6.45) is 1.42. The lowest BCUT2D eigenvalue weighted by Crippen LogP contribution is -2.17. The molecule has 0 aromatic heterocycles.